The Morgan fingerprint density at radius 3 is 1.58 bits per heavy atom. The summed E-state index contributed by atoms with van der Waals surface area (Å²) in [6.07, 6.45) is 6.80. The molecule has 0 aromatic heterocycles. The van der Waals surface area contributed by atoms with Gasteiger partial charge in [-0.05, 0) is 17.8 Å². The van der Waals surface area contributed by atoms with Crippen LogP contribution in [0.25, 0.3) is 0 Å². The standard InChI is InChI=1S/C12H26/c1-6-11(7-2)10-12(5,8-3)9-4/h11H,6-10H2,1-5H3. The molecular formula is C12H26. The van der Waals surface area contributed by atoms with E-state index in [9.17, 15) is 0 Å². The van der Waals surface area contributed by atoms with Crippen molar-refractivity contribution in [2.45, 2.75) is 66.7 Å². The summed E-state index contributed by atoms with van der Waals surface area (Å²) >= 11 is 0. The predicted molar refractivity (Wildman–Crippen MR) is 57.4 cm³/mol. The van der Waals surface area contributed by atoms with Gasteiger partial charge in [-0.2, -0.15) is 0 Å². The molecule has 0 bridgehead atoms. The Bertz CT molecular complexity index is 96.6. The first-order valence-electron chi connectivity index (χ1n) is 5.61. The van der Waals surface area contributed by atoms with Crippen molar-refractivity contribution in [2.75, 3.05) is 0 Å². The molecule has 0 saturated heterocycles. The maximum atomic E-state index is 2.44. The molecule has 0 amide bonds. The van der Waals surface area contributed by atoms with Gasteiger partial charge >= 0.3 is 0 Å². The molecule has 74 valence electrons. The van der Waals surface area contributed by atoms with Gasteiger partial charge in [0.2, 0.25) is 0 Å². The van der Waals surface area contributed by atoms with Crippen LogP contribution < -0.4 is 0 Å². The van der Waals surface area contributed by atoms with E-state index in [0.717, 1.165) is 5.92 Å². The average Bonchev–Trinajstić information content (AvgIpc) is 2.14. The van der Waals surface area contributed by atoms with E-state index in [4.69, 9.17) is 0 Å². The SMILES string of the molecule is CCC(CC)CC(C)(CC)CC. The highest BCUT2D eigenvalue weighted by Gasteiger charge is 2.22. The normalized spacial score (nSPS) is 12.5. The lowest BCUT2D eigenvalue weighted by molar-refractivity contribution is 0.213. The fraction of sp³-hybridized carbons (Fsp3) is 1.00. The van der Waals surface area contributed by atoms with E-state index in [0.29, 0.717) is 5.41 Å². The highest BCUT2D eigenvalue weighted by molar-refractivity contribution is 4.74. The molecule has 0 nitrogen and oxygen atoms in total. The molecule has 0 fully saturated rings. The minimum atomic E-state index is 0.608. The van der Waals surface area contributed by atoms with E-state index < -0.39 is 0 Å². The Balaban J connectivity index is 3.99. The molecule has 0 spiro atoms. The van der Waals surface area contributed by atoms with Crippen molar-refractivity contribution in [1.82, 2.24) is 0 Å². The first-order valence-corrected chi connectivity index (χ1v) is 5.61. The van der Waals surface area contributed by atoms with Gasteiger partial charge in [0, 0.05) is 0 Å². The largest absolute Gasteiger partial charge is 0.0651 e. The molecule has 0 atom stereocenters. The minimum Gasteiger partial charge on any atom is -0.0651 e. The third-order valence-corrected chi connectivity index (χ3v) is 3.64. The molecule has 0 N–H and O–H groups in total. The van der Waals surface area contributed by atoms with Crippen molar-refractivity contribution >= 4 is 0 Å². The number of hydrogen-bond donors (Lipinski definition) is 0. The average molecular weight is 170 g/mol. The van der Waals surface area contributed by atoms with Crippen LogP contribution in [0.1, 0.15) is 66.7 Å². The molecule has 0 heterocycles. The quantitative estimate of drug-likeness (QED) is 0.545. The summed E-state index contributed by atoms with van der Waals surface area (Å²) in [6, 6.07) is 0. The summed E-state index contributed by atoms with van der Waals surface area (Å²) in [5.41, 5.74) is 0.608. The lowest BCUT2D eigenvalue weighted by Gasteiger charge is -2.30. The summed E-state index contributed by atoms with van der Waals surface area (Å²) in [5, 5.41) is 0. The summed E-state index contributed by atoms with van der Waals surface area (Å²) in [5.74, 6) is 0.954. The van der Waals surface area contributed by atoms with Gasteiger partial charge in [0.1, 0.15) is 0 Å². The van der Waals surface area contributed by atoms with Gasteiger partial charge in [-0.25, -0.2) is 0 Å². The molecule has 0 aromatic rings. The van der Waals surface area contributed by atoms with Crippen LogP contribution in [0.4, 0.5) is 0 Å². The van der Waals surface area contributed by atoms with Crippen LogP contribution in [0.15, 0.2) is 0 Å². The van der Waals surface area contributed by atoms with Gasteiger partial charge in [0.15, 0.2) is 0 Å². The smallest absolute Gasteiger partial charge is 0.0328 e. The third-order valence-electron chi connectivity index (χ3n) is 3.64. The molecule has 0 heteroatoms. The van der Waals surface area contributed by atoms with Crippen molar-refractivity contribution in [3.63, 3.8) is 0 Å². The van der Waals surface area contributed by atoms with Crippen LogP contribution in [-0.4, -0.2) is 0 Å². The highest BCUT2D eigenvalue weighted by atomic mass is 14.3. The van der Waals surface area contributed by atoms with Crippen molar-refractivity contribution in [3.8, 4) is 0 Å². The third kappa shape index (κ3) is 3.60. The zero-order chi connectivity index (χ0) is 9.61. The molecule has 0 unspecified atom stereocenters. The van der Waals surface area contributed by atoms with E-state index in [2.05, 4.69) is 34.6 Å². The monoisotopic (exact) mass is 170 g/mol. The second-order valence-corrected chi connectivity index (χ2v) is 4.40. The van der Waals surface area contributed by atoms with Crippen LogP contribution in [0.2, 0.25) is 0 Å². The van der Waals surface area contributed by atoms with Gasteiger partial charge in [-0.3, -0.25) is 0 Å². The number of hydrogen-bond acceptors (Lipinski definition) is 0. The Labute approximate surface area is 78.8 Å². The Hall–Kier alpha value is 0. The zero-order valence-electron chi connectivity index (χ0n) is 9.61. The minimum absolute atomic E-state index is 0.608. The van der Waals surface area contributed by atoms with Crippen LogP contribution in [-0.2, 0) is 0 Å². The number of rotatable bonds is 6. The molecule has 12 heavy (non-hydrogen) atoms. The van der Waals surface area contributed by atoms with E-state index in [1.54, 1.807) is 0 Å². The Kier molecular flexibility index (Phi) is 5.61. The van der Waals surface area contributed by atoms with Crippen molar-refractivity contribution < 1.29 is 0 Å². The van der Waals surface area contributed by atoms with Gasteiger partial charge < -0.3 is 0 Å². The molecule has 0 rings (SSSR count). The van der Waals surface area contributed by atoms with E-state index >= 15 is 0 Å². The van der Waals surface area contributed by atoms with E-state index in [1.807, 2.05) is 0 Å². The molecule has 0 aliphatic carbocycles. The van der Waals surface area contributed by atoms with Gasteiger partial charge in [-0.15, -0.1) is 0 Å². The fourth-order valence-corrected chi connectivity index (χ4v) is 1.81. The Morgan fingerprint density at radius 1 is 0.917 bits per heavy atom. The van der Waals surface area contributed by atoms with Crippen molar-refractivity contribution in [3.05, 3.63) is 0 Å². The fourth-order valence-electron chi connectivity index (χ4n) is 1.81. The molecule has 0 aliphatic rings. The molecule has 0 aliphatic heterocycles. The topological polar surface area (TPSA) is 0 Å². The van der Waals surface area contributed by atoms with E-state index in [1.165, 1.54) is 32.1 Å². The summed E-state index contributed by atoms with van der Waals surface area (Å²) in [4.78, 5) is 0. The van der Waals surface area contributed by atoms with Crippen molar-refractivity contribution in [2.24, 2.45) is 11.3 Å². The highest BCUT2D eigenvalue weighted by Crippen LogP contribution is 2.35. The molecule has 0 aromatic carbocycles. The van der Waals surface area contributed by atoms with Gasteiger partial charge in [-0.1, -0.05) is 60.3 Å². The van der Waals surface area contributed by atoms with Crippen LogP contribution in [0, 0.1) is 11.3 Å². The first kappa shape index (κ1) is 12.0. The van der Waals surface area contributed by atoms with E-state index in [-0.39, 0.29) is 0 Å². The lowest BCUT2D eigenvalue weighted by Crippen LogP contribution is -2.18. The van der Waals surface area contributed by atoms with Gasteiger partial charge in [0.05, 0.1) is 0 Å². The maximum Gasteiger partial charge on any atom is -0.0328 e. The van der Waals surface area contributed by atoms with Gasteiger partial charge in [0.25, 0.3) is 0 Å². The molecule has 0 saturated carbocycles. The summed E-state index contributed by atoms with van der Waals surface area (Å²) < 4.78 is 0. The second kappa shape index (κ2) is 5.61. The summed E-state index contributed by atoms with van der Waals surface area (Å²) in [7, 11) is 0. The Morgan fingerprint density at radius 2 is 1.33 bits per heavy atom. The molecular weight excluding hydrogens is 144 g/mol. The van der Waals surface area contributed by atoms with Crippen LogP contribution in [0.3, 0.4) is 0 Å². The lowest BCUT2D eigenvalue weighted by atomic mass is 9.75. The van der Waals surface area contributed by atoms with Crippen LogP contribution in [0.5, 0.6) is 0 Å². The summed E-state index contributed by atoms with van der Waals surface area (Å²) in [6.45, 7) is 11.7. The predicted octanol–water partition coefficient (Wildman–Crippen LogP) is 4.64. The second-order valence-electron chi connectivity index (χ2n) is 4.40. The van der Waals surface area contributed by atoms with Crippen LogP contribution >= 0.6 is 0 Å². The first-order chi connectivity index (χ1) is 5.61. The van der Waals surface area contributed by atoms with Crippen molar-refractivity contribution in [1.29, 1.82) is 0 Å². The maximum absolute atomic E-state index is 2.44. The zero-order valence-corrected chi connectivity index (χ0v) is 9.61. The molecule has 0 radical (unpaired) electrons.